The monoisotopic (exact) mass is 386 g/mol. The van der Waals surface area contributed by atoms with Crippen molar-refractivity contribution in [2.24, 2.45) is 0 Å². The summed E-state index contributed by atoms with van der Waals surface area (Å²) in [6, 6.07) is 13.6. The van der Waals surface area contributed by atoms with E-state index in [0.717, 1.165) is 6.42 Å². The van der Waals surface area contributed by atoms with Crippen molar-refractivity contribution in [2.75, 3.05) is 0 Å². The van der Waals surface area contributed by atoms with E-state index in [1.54, 1.807) is 0 Å². The van der Waals surface area contributed by atoms with Gasteiger partial charge in [0.1, 0.15) is 0 Å². The highest BCUT2D eigenvalue weighted by Crippen LogP contribution is 2.40. The van der Waals surface area contributed by atoms with Crippen LogP contribution < -0.4 is 0 Å². The molecule has 0 N–H and O–H groups in total. The van der Waals surface area contributed by atoms with Gasteiger partial charge in [-0.15, -0.1) is 0 Å². The Hall–Kier alpha value is -2.08. The van der Waals surface area contributed by atoms with Crippen LogP contribution in [0.3, 0.4) is 0 Å². The van der Waals surface area contributed by atoms with Gasteiger partial charge >= 0.3 is 0 Å². The fourth-order valence-corrected chi connectivity index (χ4v) is 4.38. The van der Waals surface area contributed by atoms with Gasteiger partial charge < -0.3 is 0 Å². The van der Waals surface area contributed by atoms with E-state index in [4.69, 9.17) is 0 Å². The molecule has 2 aromatic carbocycles. The molecule has 29 heavy (non-hydrogen) atoms. The van der Waals surface area contributed by atoms with Crippen LogP contribution in [0.2, 0.25) is 0 Å². The predicted molar refractivity (Wildman–Crippen MR) is 130 cm³/mol. The lowest BCUT2D eigenvalue weighted by molar-refractivity contribution is 0.675. The third-order valence-electron chi connectivity index (χ3n) is 6.10. The lowest BCUT2D eigenvalue weighted by atomic mass is 9.94. The molecular weight excluding hydrogens is 348 g/mol. The Kier molecular flexibility index (Phi) is 8.81. The summed E-state index contributed by atoms with van der Waals surface area (Å²) < 4.78 is 0. The molecule has 1 aliphatic rings. The molecule has 0 atom stereocenters. The van der Waals surface area contributed by atoms with Gasteiger partial charge in [0.2, 0.25) is 0 Å². The summed E-state index contributed by atoms with van der Waals surface area (Å²) in [6.45, 7) is 4.56. The van der Waals surface area contributed by atoms with Crippen molar-refractivity contribution in [1.29, 1.82) is 0 Å². The number of hydrogen-bond donors (Lipinski definition) is 0. The summed E-state index contributed by atoms with van der Waals surface area (Å²) in [5, 5.41) is 0. The molecule has 0 heteroatoms. The van der Waals surface area contributed by atoms with Crippen LogP contribution in [0.4, 0.5) is 0 Å². The Morgan fingerprint density at radius 1 is 0.690 bits per heavy atom. The van der Waals surface area contributed by atoms with Gasteiger partial charge in [0.15, 0.2) is 0 Å². The standard InChI is InChI=1S/C29H38/c1-3-5-7-9-11-13-17-24-21-22-28-27-20-16-15-18-25(27)23-29(28)26(24)19-14-12-10-8-6-4-2/h13-22H,3-12,23H2,1-2H3. The first kappa shape index (κ1) is 21.6. The zero-order chi connectivity index (χ0) is 20.3. The SMILES string of the molecule is CCCCCCC=Cc1ccc2c(c1C=CCCCCCC)Cc1ccccc1-2. The van der Waals surface area contributed by atoms with Crippen LogP contribution in [0.5, 0.6) is 0 Å². The van der Waals surface area contributed by atoms with E-state index in [9.17, 15) is 0 Å². The highest BCUT2D eigenvalue weighted by molar-refractivity contribution is 5.83. The van der Waals surface area contributed by atoms with Crippen LogP contribution in [-0.2, 0) is 6.42 Å². The summed E-state index contributed by atoms with van der Waals surface area (Å²) >= 11 is 0. The molecule has 2 aromatic rings. The van der Waals surface area contributed by atoms with Crippen molar-refractivity contribution < 1.29 is 0 Å². The number of fused-ring (bicyclic) bond motifs is 3. The summed E-state index contributed by atoms with van der Waals surface area (Å²) in [5.41, 5.74) is 8.68. The number of benzene rings is 2. The first-order valence-corrected chi connectivity index (χ1v) is 11.9. The van der Waals surface area contributed by atoms with Crippen LogP contribution in [0.25, 0.3) is 23.3 Å². The molecule has 0 unspecified atom stereocenters. The quantitative estimate of drug-likeness (QED) is 0.272. The number of allylic oxidation sites excluding steroid dienone is 2. The Bertz CT molecular complexity index is 822. The van der Waals surface area contributed by atoms with Gasteiger partial charge in [-0.05, 0) is 65.5 Å². The van der Waals surface area contributed by atoms with Crippen molar-refractivity contribution in [3.8, 4) is 11.1 Å². The van der Waals surface area contributed by atoms with Crippen LogP contribution in [0.1, 0.15) is 100 Å². The molecular formula is C29H38. The molecule has 0 aliphatic heterocycles. The van der Waals surface area contributed by atoms with E-state index < -0.39 is 0 Å². The molecule has 3 rings (SSSR count). The van der Waals surface area contributed by atoms with Crippen LogP contribution >= 0.6 is 0 Å². The Morgan fingerprint density at radius 2 is 1.38 bits per heavy atom. The zero-order valence-electron chi connectivity index (χ0n) is 18.6. The molecule has 154 valence electrons. The Morgan fingerprint density at radius 3 is 2.10 bits per heavy atom. The smallest absolute Gasteiger partial charge is 0.000729 e. The Labute approximate surface area is 178 Å². The van der Waals surface area contributed by atoms with Crippen LogP contribution in [-0.4, -0.2) is 0 Å². The van der Waals surface area contributed by atoms with Crippen molar-refractivity contribution in [3.63, 3.8) is 0 Å². The van der Waals surface area contributed by atoms with Crippen molar-refractivity contribution in [2.45, 2.75) is 84.5 Å². The molecule has 0 fully saturated rings. The summed E-state index contributed by atoms with van der Waals surface area (Å²) in [5.74, 6) is 0. The molecule has 0 nitrogen and oxygen atoms in total. The lowest BCUT2D eigenvalue weighted by Crippen LogP contribution is -1.91. The molecule has 0 bridgehead atoms. The van der Waals surface area contributed by atoms with Gasteiger partial charge in [0.05, 0.1) is 0 Å². The maximum Gasteiger partial charge on any atom is -0.000729 e. The molecule has 1 aliphatic carbocycles. The molecule has 0 aromatic heterocycles. The molecule has 0 saturated carbocycles. The van der Waals surface area contributed by atoms with E-state index in [0.29, 0.717) is 0 Å². The molecule has 0 heterocycles. The maximum absolute atomic E-state index is 2.41. The van der Waals surface area contributed by atoms with Gasteiger partial charge in [-0.1, -0.05) is 113 Å². The predicted octanol–water partition coefficient (Wildman–Crippen LogP) is 9.22. The topological polar surface area (TPSA) is 0 Å². The summed E-state index contributed by atoms with van der Waals surface area (Å²) in [6.07, 6.45) is 23.7. The molecule has 0 spiro atoms. The van der Waals surface area contributed by atoms with Crippen LogP contribution in [0.15, 0.2) is 48.6 Å². The number of hydrogen-bond acceptors (Lipinski definition) is 0. The fourth-order valence-electron chi connectivity index (χ4n) is 4.38. The second-order valence-corrected chi connectivity index (χ2v) is 8.43. The van der Waals surface area contributed by atoms with E-state index >= 15 is 0 Å². The van der Waals surface area contributed by atoms with Crippen molar-refractivity contribution in [1.82, 2.24) is 0 Å². The largest absolute Gasteiger partial charge is 0.0839 e. The second-order valence-electron chi connectivity index (χ2n) is 8.43. The second kappa shape index (κ2) is 11.8. The van der Waals surface area contributed by atoms with Crippen LogP contribution in [0, 0.1) is 0 Å². The first-order chi connectivity index (χ1) is 14.3. The van der Waals surface area contributed by atoms with Gasteiger partial charge in [-0.3, -0.25) is 0 Å². The third kappa shape index (κ3) is 5.95. The first-order valence-electron chi connectivity index (χ1n) is 11.9. The zero-order valence-corrected chi connectivity index (χ0v) is 18.6. The molecule has 0 amide bonds. The average Bonchev–Trinajstić information content (AvgIpc) is 3.12. The average molecular weight is 387 g/mol. The summed E-state index contributed by atoms with van der Waals surface area (Å²) in [4.78, 5) is 0. The highest BCUT2D eigenvalue weighted by Gasteiger charge is 2.21. The molecule has 0 saturated heterocycles. The lowest BCUT2D eigenvalue weighted by Gasteiger charge is -2.10. The van der Waals surface area contributed by atoms with Gasteiger partial charge in [-0.25, -0.2) is 0 Å². The third-order valence-corrected chi connectivity index (χ3v) is 6.10. The number of unbranched alkanes of at least 4 members (excludes halogenated alkanes) is 8. The maximum atomic E-state index is 2.41. The minimum atomic E-state index is 1.07. The van der Waals surface area contributed by atoms with E-state index in [2.05, 4.69) is 74.5 Å². The normalized spacial score (nSPS) is 12.8. The highest BCUT2D eigenvalue weighted by atomic mass is 14.2. The fraction of sp³-hybridized carbons (Fsp3) is 0.448. The minimum Gasteiger partial charge on any atom is -0.0839 e. The summed E-state index contributed by atoms with van der Waals surface area (Å²) in [7, 11) is 0. The molecule has 0 radical (unpaired) electrons. The van der Waals surface area contributed by atoms with Gasteiger partial charge in [-0.2, -0.15) is 0 Å². The number of rotatable bonds is 12. The van der Waals surface area contributed by atoms with E-state index in [1.807, 2.05) is 0 Å². The van der Waals surface area contributed by atoms with Crippen molar-refractivity contribution >= 4 is 12.2 Å². The van der Waals surface area contributed by atoms with Gasteiger partial charge in [0.25, 0.3) is 0 Å². The van der Waals surface area contributed by atoms with Gasteiger partial charge in [0, 0.05) is 0 Å². The van der Waals surface area contributed by atoms with E-state index in [1.165, 1.54) is 97.6 Å². The minimum absolute atomic E-state index is 1.07. The Balaban J connectivity index is 1.77. The van der Waals surface area contributed by atoms with E-state index in [-0.39, 0.29) is 0 Å². The van der Waals surface area contributed by atoms with Crippen molar-refractivity contribution in [3.05, 3.63) is 70.8 Å².